The van der Waals surface area contributed by atoms with E-state index in [0.717, 1.165) is 16.7 Å². The molecule has 0 spiro atoms. The van der Waals surface area contributed by atoms with E-state index in [1.807, 2.05) is 36.9 Å². The van der Waals surface area contributed by atoms with Crippen LogP contribution in [0.2, 0.25) is 0 Å². The molecule has 8 nitrogen and oxygen atoms in total. The molecule has 43 heavy (non-hydrogen) atoms. The first kappa shape index (κ1) is 30.3. The maximum absolute atomic E-state index is 14.1. The lowest BCUT2D eigenvalue weighted by atomic mass is 9.76. The molecule has 0 aliphatic carbocycles. The van der Waals surface area contributed by atoms with Crippen molar-refractivity contribution in [1.29, 1.82) is 0 Å². The van der Waals surface area contributed by atoms with E-state index in [4.69, 9.17) is 4.74 Å². The fourth-order valence-electron chi connectivity index (χ4n) is 6.75. The van der Waals surface area contributed by atoms with E-state index in [1.165, 1.54) is 12.0 Å². The molecule has 2 aliphatic heterocycles. The van der Waals surface area contributed by atoms with Gasteiger partial charge < -0.3 is 19.4 Å². The van der Waals surface area contributed by atoms with Crippen LogP contribution in [0, 0.1) is 5.92 Å². The quantitative estimate of drug-likeness (QED) is 0.212. The van der Waals surface area contributed by atoms with Gasteiger partial charge in [0.05, 0.1) is 18.7 Å². The molecule has 0 bridgehead atoms. The van der Waals surface area contributed by atoms with Crippen LogP contribution in [0.5, 0.6) is 0 Å². The third kappa shape index (κ3) is 5.64. The van der Waals surface area contributed by atoms with Crippen LogP contribution in [0.1, 0.15) is 37.0 Å². The van der Waals surface area contributed by atoms with Gasteiger partial charge in [-0.15, -0.1) is 0 Å². The fourth-order valence-corrected chi connectivity index (χ4v) is 6.75. The molecule has 2 fully saturated rings. The maximum atomic E-state index is 14.1. The number of rotatable bonds is 9. The average molecular weight is 583 g/mol. The molecule has 2 unspecified atom stereocenters. The van der Waals surface area contributed by atoms with Crippen molar-refractivity contribution >= 4 is 17.9 Å². The Kier molecular flexibility index (Phi) is 8.87. The van der Waals surface area contributed by atoms with Crippen LogP contribution in [0.25, 0.3) is 0 Å². The molecule has 5 rings (SSSR count). The van der Waals surface area contributed by atoms with Gasteiger partial charge in [-0.05, 0) is 29.0 Å². The van der Waals surface area contributed by atoms with Crippen molar-refractivity contribution in [3.8, 4) is 0 Å². The second-order valence-corrected chi connectivity index (χ2v) is 11.9. The highest BCUT2D eigenvalue weighted by molar-refractivity contribution is 5.86. The molecule has 2 heterocycles. The molecule has 0 saturated carbocycles. The van der Waals surface area contributed by atoms with E-state index in [0.29, 0.717) is 26.1 Å². The molecular weight excluding hydrogens is 540 g/mol. The second-order valence-electron chi connectivity index (χ2n) is 11.9. The number of carbonyl (C=O) groups excluding carboxylic acids is 3. The van der Waals surface area contributed by atoms with Crippen molar-refractivity contribution in [1.82, 2.24) is 19.6 Å². The average Bonchev–Trinajstić information content (AvgIpc) is 3.68. The molecule has 226 valence electrons. The van der Waals surface area contributed by atoms with Crippen LogP contribution in [-0.4, -0.2) is 96.5 Å². The molecule has 2 saturated heterocycles. The van der Waals surface area contributed by atoms with E-state index >= 15 is 0 Å². The van der Waals surface area contributed by atoms with Crippen molar-refractivity contribution < 1.29 is 19.1 Å². The van der Waals surface area contributed by atoms with Gasteiger partial charge in [-0.2, -0.15) is 0 Å². The third-order valence-electron chi connectivity index (χ3n) is 9.02. The number of benzene rings is 3. The van der Waals surface area contributed by atoms with Gasteiger partial charge in [-0.3, -0.25) is 9.69 Å². The Hall–Kier alpha value is -4.17. The van der Waals surface area contributed by atoms with E-state index in [2.05, 4.69) is 77.7 Å². The number of methoxy groups -OCH3 is 1. The summed E-state index contributed by atoms with van der Waals surface area (Å²) in [7, 11) is 4.72. The van der Waals surface area contributed by atoms with Crippen LogP contribution < -0.4 is 0 Å². The Labute approximate surface area is 254 Å². The second kappa shape index (κ2) is 12.6. The van der Waals surface area contributed by atoms with Crippen molar-refractivity contribution in [3.05, 3.63) is 108 Å². The molecule has 3 amide bonds. The summed E-state index contributed by atoms with van der Waals surface area (Å²) in [4.78, 5) is 47.2. The molecule has 3 aromatic carbocycles. The summed E-state index contributed by atoms with van der Waals surface area (Å²) in [5.74, 6) is -0.454. The Balaban J connectivity index is 1.37. The minimum absolute atomic E-state index is 0.0819. The summed E-state index contributed by atoms with van der Waals surface area (Å²) < 4.78 is 4.96. The number of likely N-dealkylation sites (N-methyl/N-ethyl adjacent to an activating group) is 2. The maximum Gasteiger partial charge on any atom is 0.328 e. The number of esters is 1. The summed E-state index contributed by atoms with van der Waals surface area (Å²) >= 11 is 0. The largest absolute Gasteiger partial charge is 0.467 e. The van der Waals surface area contributed by atoms with Gasteiger partial charge in [-0.1, -0.05) is 105 Å². The molecular formula is C35H42N4O4. The standard InChI is InChI=1S/C35H42N4O4/c1-25(2)31(33(41)43-5)37(4)34(42)36(3)29-21-22-38(23-29)32(40)30-24-39(30)35(26-15-9-6-10-16-26,27-17-11-7-12-18-27)28-19-13-8-14-20-28/h6-20,25,29-31H,21-24H2,1-5H3/t29-,30?,31?,39+/m0/s1. The number of ether oxygens (including phenoxy) is 1. The predicted molar refractivity (Wildman–Crippen MR) is 166 cm³/mol. The highest BCUT2D eigenvalue weighted by atomic mass is 16.5. The number of urea groups is 1. The summed E-state index contributed by atoms with van der Waals surface area (Å²) in [5, 5.41) is 0. The number of carbonyl (C=O) groups is 3. The monoisotopic (exact) mass is 582 g/mol. The lowest BCUT2D eigenvalue weighted by Gasteiger charge is -2.38. The lowest BCUT2D eigenvalue weighted by Crippen LogP contribution is -2.53. The van der Waals surface area contributed by atoms with Gasteiger partial charge in [0.25, 0.3) is 0 Å². The Morgan fingerprint density at radius 1 is 0.814 bits per heavy atom. The lowest BCUT2D eigenvalue weighted by molar-refractivity contribution is -0.147. The van der Waals surface area contributed by atoms with E-state index in [1.54, 1.807) is 19.0 Å². The fraction of sp³-hybridized carbons (Fsp3) is 0.400. The molecule has 0 radical (unpaired) electrons. The van der Waals surface area contributed by atoms with Crippen LogP contribution >= 0.6 is 0 Å². The smallest absolute Gasteiger partial charge is 0.328 e. The highest BCUT2D eigenvalue weighted by Gasteiger charge is 2.57. The zero-order valence-corrected chi connectivity index (χ0v) is 25.7. The minimum Gasteiger partial charge on any atom is -0.467 e. The van der Waals surface area contributed by atoms with Gasteiger partial charge >= 0.3 is 12.0 Å². The highest BCUT2D eigenvalue weighted by Crippen LogP contribution is 2.48. The van der Waals surface area contributed by atoms with Crippen molar-refractivity contribution in [2.45, 2.75) is 43.9 Å². The SMILES string of the molecule is COC(=O)C(C(C)C)N(C)C(=O)N(C)[C@H]1CCN(C(=O)C2C[N@@]2C(c2ccccc2)(c2ccccc2)c2ccccc2)C1. The van der Waals surface area contributed by atoms with Gasteiger partial charge in [0.2, 0.25) is 5.91 Å². The summed E-state index contributed by atoms with van der Waals surface area (Å²) in [6.07, 6.45) is 0.681. The Morgan fingerprint density at radius 3 is 1.74 bits per heavy atom. The number of amides is 3. The van der Waals surface area contributed by atoms with Crippen LogP contribution in [0.4, 0.5) is 4.79 Å². The van der Waals surface area contributed by atoms with Crippen molar-refractivity contribution in [2.75, 3.05) is 40.8 Å². The van der Waals surface area contributed by atoms with E-state index < -0.39 is 17.6 Å². The molecule has 0 aromatic heterocycles. The van der Waals surface area contributed by atoms with Crippen LogP contribution in [0.3, 0.4) is 0 Å². The molecule has 4 atom stereocenters. The summed E-state index contributed by atoms with van der Waals surface area (Å²) in [6.45, 7) is 5.45. The van der Waals surface area contributed by atoms with Crippen molar-refractivity contribution in [2.24, 2.45) is 5.92 Å². The Bertz CT molecular complexity index is 1320. The zero-order valence-electron chi connectivity index (χ0n) is 25.7. The number of hydrogen-bond donors (Lipinski definition) is 0. The van der Waals surface area contributed by atoms with E-state index in [9.17, 15) is 14.4 Å². The topological polar surface area (TPSA) is 73.2 Å². The normalized spacial score (nSPS) is 20.4. The van der Waals surface area contributed by atoms with Crippen LogP contribution in [-0.2, 0) is 19.9 Å². The summed E-state index contributed by atoms with van der Waals surface area (Å²) in [6, 6.07) is 29.8. The van der Waals surface area contributed by atoms with Gasteiger partial charge in [0.15, 0.2) is 0 Å². The summed E-state index contributed by atoms with van der Waals surface area (Å²) in [5.41, 5.74) is 2.71. The number of nitrogens with zero attached hydrogens (tertiary/aromatic N) is 4. The van der Waals surface area contributed by atoms with Crippen molar-refractivity contribution in [3.63, 3.8) is 0 Å². The first-order chi connectivity index (χ1) is 20.7. The van der Waals surface area contributed by atoms with Crippen LogP contribution in [0.15, 0.2) is 91.0 Å². The first-order valence-electron chi connectivity index (χ1n) is 15.0. The van der Waals surface area contributed by atoms with Gasteiger partial charge in [0.1, 0.15) is 12.1 Å². The molecule has 3 aromatic rings. The molecule has 2 aliphatic rings. The third-order valence-corrected chi connectivity index (χ3v) is 9.02. The minimum atomic E-state index is -0.679. The van der Waals surface area contributed by atoms with Gasteiger partial charge in [0, 0.05) is 33.7 Å². The molecule has 0 N–H and O–H groups in total. The first-order valence-corrected chi connectivity index (χ1v) is 15.0. The Morgan fingerprint density at radius 2 is 1.30 bits per heavy atom. The predicted octanol–water partition coefficient (Wildman–Crippen LogP) is 4.44. The molecule has 8 heteroatoms. The van der Waals surface area contributed by atoms with Gasteiger partial charge in [-0.25, -0.2) is 9.59 Å². The number of hydrogen-bond acceptors (Lipinski definition) is 5. The number of likely N-dealkylation sites (tertiary alicyclic amines) is 1. The van der Waals surface area contributed by atoms with E-state index in [-0.39, 0.29) is 29.9 Å². The zero-order chi connectivity index (χ0) is 30.7.